The lowest BCUT2D eigenvalue weighted by Crippen LogP contribution is -2.46. The van der Waals surface area contributed by atoms with Crippen LogP contribution in [-0.2, 0) is 18.4 Å². The number of hydrogen-bond acceptors (Lipinski definition) is 4. The third kappa shape index (κ3) is 4.11. The van der Waals surface area contributed by atoms with E-state index in [2.05, 4.69) is 10.4 Å². The molecule has 0 aliphatic carbocycles. The van der Waals surface area contributed by atoms with Crippen LogP contribution >= 0.6 is 11.6 Å². The van der Waals surface area contributed by atoms with Crippen LogP contribution in [-0.4, -0.2) is 21.3 Å². The van der Waals surface area contributed by atoms with E-state index in [1.54, 1.807) is 57.3 Å². The summed E-state index contributed by atoms with van der Waals surface area (Å²) in [4.78, 5) is 24.8. The van der Waals surface area contributed by atoms with Crippen molar-refractivity contribution in [3.63, 3.8) is 0 Å². The van der Waals surface area contributed by atoms with Crippen LogP contribution in [0.25, 0.3) is 10.8 Å². The van der Waals surface area contributed by atoms with Crippen molar-refractivity contribution in [3.8, 4) is 5.75 Å². The van der Waals surface area contributed by atoms with Gasteiger partial charge in [-0.25, -0.2) is 4.68 Å². The van der Waals surface area contributed by atoms with Crippen LogP contribution in [0.15, 0.2) is 53.3 Å². The fourth-order valence-electron chi connectivity index (χ4n) is 2.73. The number of hydrogen-bond donors (Lipinski definition) is 1. The molecule has 1 heterocycles. The van der Waals surface area contributed by atoms with Crippen LogP contribution < -0.4 is 15.6 Å². The normalized spacial score (nSPS) is 11.4. The molecule has 140 valence electrons. The summed E-state index contributed by atoms with van der Waals surface area (Å²) in [6.07, 6.45) is 0. The molecule has 7 heteroatoms. The van der Waals surface area contributed by atoms with Crippen LogP contribution in [0, 0.1) is 0 Å². The van der Waals surface area contributed by atoms with E-state index in [0.717, 1.165) is 5.39 Å². The van der Waals surface area contributed by atoms with Crippen LogP contribution in [0.5, 0.6) is 5.75 Å². The first-order valence-electron chi connectivity index (χ1n) is 8.46. The molecular formula is C20H20ClN3O3. The summed E-state index contributed by atoms with van der Waals surface area (Å²) in [5.41, 5.74) is -0.653. The smallest absolute Gasteiger partial charge is 0.274 e. The fourth-order valence-corrected chi connectivity index (χ4v) is 2.85. The molecule has 6 nitrogen and oxygen atoms in total. The van der Waals surface area contributed by atoms with Crippen molar-refractivity contribution in [3.05, 3.63) is 69.6 Å². The van der Waals surface area contributed by atoms with E-state index in [9.17, 15) is 9.59 Å². The fraction of sp³-hybridized carbons (Fsp3) is 0.250. The maximum Gasteiger partial charge on any atom is 0.274 e. The second kappa shape index (κ2) is 7.40. The summed E-state index contributed by atoms with van der Waals surface area (Å²) >= 11 is 5.87. The zero-order valence-corrected chi connectivity index (χ0v) is 16.1. The van der Waals surface area contributed by atoms with Gasteiger partial charge in [0, 0.05) is 17.5 Å². The zero-order valence-electron chi connectivity index (χ0n) is 15.3. The third-order valence-corrected chi connectivity index (χ3v) is 4.43. The quantitative estimate of drug-likeness (QED) is 0.732. The van der Waals surface area contributed by atoms with Gasteiger partial charge in [-0.05, 0) is 44.2 Å². The van der Waals surface area contributed by atoms with Gasteiger partial charge >= 0.3 is 0 Å². The first-order valence-corrected chi connectivity index (χ1v) is 8.83. The number of carbonyl (C=O) groups excluding carboxylic acids is 1. The van der Waals surface area contributed by atoms with E-state index >= 15 is 0 Å². The molecule has 1 aromatic heterocycles. The van der Waals surface area contributed by atoms with E-state index in [4.69, 9.17) is 16.3 Å². The van der Waals surface area contributed by atoms with Crippen molar-refractivity contribution >= 4 is 28.3 Å². The third-order valence-electron chi connectivity index (χ3n) is 4.18. The molecule has 0 fully saturated rings. The molecule has 0 unspecified atom stereocenters. The van der Waals surface area contributed by atoms with Gasteiger partial charge < -0.3 is 10.1 Å². The van der Waals surface area contributed by atoms with Gasteiger partial charge in [0.1, 0.15) is 5.75 Å². The van der Waals surface area contributed by atoms with Crippen molar-refractivity contribution in [2.45, 2.75) is 26.0 Å². The minimum atomic E-state index is -1.09. The predicted octanol–water partition coefficient (Wildman–Crippen LogP) is 3.06. The Morgan fingerprint density at radius 1 is 1.15 bits per heavy atom. The summed E-state index contributed by atoms with van der Waals surface area (Å²) in [5.74, 6) is 0.252. The van der Waals surface area contributed by atoms with Gasteiger partial charge in [-0.15, -0.1) is 0 Å². The Kier molecular flexibility index (Phi) is 5.19. The maximum atomic E-state index is 12.6. The Morgan fingerprint density at radius 2 is 1.78 bits per heavy atom. The Labute approximate surface area is 161 Å². The van der Waals surface area contributed by atoms with Crippen molar-refractivity contribution in [1.82, 2.24) is 15.1 Å². The van der Waals surface area contributed by atoms with Crippen molar-refractivity contribution in [2.75, 3.05) is 0 Å². The highest BCUT2D eigenvalue weighted by Crippen LogP contribution is 2.21. The minimum Gasteiger partial charge on any atom is -0.478 e. The molecule has 0 saturated carbocycles. The number of halogens is 1. The molecule has 0 bridgehead atoms. The Morgan fingerprint density at radius 3 is 2.44 bits per heavy atom. The molecule has 3 rings (SSSR count). The predicted molar refractivity (Wildman–Crippen MR) is 105 cm³/mol. The Bertz CT molecular complexity index is 1040. The van der Waals surface area contributed by atoms with Crippen molar-refractivity contribution < 1.29 is 9.53 Å². The largest absolute Gasteiger partial charge is 0.478 e. The maximum absolute atomic E-state index is 12.6. The van der Waals surface area contributed by atoms with Gasteiger partial charge in [0.05, 0.1) is 17.6 Å². The Hall–Kier alpha value is -2.86. The summed E-state index contributed by atoms with van der Waals surface area (Å²) in [6.45, 7) is 3.55. The van der Waals surface area contributed by atoms with E-state index in [-0.39, 0.29) is 18.0 Å². The highest BCUT2D eigenvalue weighted by atomic mass is 35.5. The lowest BCUT2D eigenvalue weighted by molar-refractivity contribution is -0.134. The molecular weight excluding hydrogens is 366 g/mol. The van der Waals surface area contributed by atoms with Gasteiger partial charge in [0.25, 0.3) is 11.5 Å². The first-order chi connectivity index (χ1) is 12.8. The molecule has 0 saturated heterocycles. The van der Waals surface area contributed by atoms with E-state index < -0.39 is 5.60 Å². The lowest BCUT2D eigenvalue weighted by Gasteiger charge is -2.25. The van der Waals surface area contributed by atoms with Crippen LogP contribution in [0.2, 0.25) is 5.02 Å². The number of rotatable bonds is 5. The standard InChI is InChI=1S/C20H20ClN3O3/c1-20(2,27-14-10-8-13(21)9-11-14)19(26)22-12-17-15-6-4-5-7-16(15)18(25)24(3)23-17/h4-11H,12H2,1-3H3,(H,22,26). The summed E-state index contributed by atoms with van der Waals surface area (Å²) < 4.78 is 7.07. The Balaban J connectivity index is 1.77. The summed E-state index contributed by atoms with van der Waals surface area (Å²) in [5, 5.41) is 9.00. The second-order valence-corrected chi connectivity index (χ2v) is 7.11. The molecule has 0 spiro atoms. The summed E-state index contributed by atoms with van der Waals surface area (Å²) in [6, 6.07) is 14.0. The highest BCUT2D eigenvalue weighted by Gasteiger charge is 2.30. The first kappa shape index (κ1) is 18.9. The number of nitrogens with zero attached hydrogens (tertiary/aromatic N) is 2. The zero-order chi connectivity index (χ0) is 19.6. The van der Waals surface area contributed by atoms with E-state index in [1.807, 2.05) is 12.1 Å². The number of ether oxygens (including phenoxy) is 1. The topological polar surface area (TPSA) is 73.2 Å². The molecule has 0 radical (unpaired) electrons. The molecule has 0 aliphatic rings. The molecule has 1 N–H and O–H groups in total. The number of fused-ring (bicyclic) bond motifs is 1. The van der Waals surface area contributed by atoms with E-state index in [0.29, 0.717) is 21.9 Å². The average Bonchev–Trinajstić information content (AvgIpc) is 2.65. The molecule has 27 heavy (non-hydrogen) atoms. The van der Waals surface area contributed by atoms with Gasteiger partial charge in [-0.3, -0.25) is 9.59 Å². The number of nitrogens with one attached hydrogen (secondary N) is 1. The number of amides is 1. The van der Waals surface area contributed by atoms with Gasteiger partial charge in [-0.2, -0.15) is 5.10 Å². The highest BCUT2D eigenvalue weighted by molar-refractivity contribution is 6.30. The minimum absolute atomic E-state index is 0.174. The second-order valence-electron chi connectivity index (χ2n) is 6.67. The number of carbonyl (C=O) groups is 1. The van der Waals surface area contributed by atoms with Crippen molar-refractivity contribution in [2.24, 2.45) is 7.05 Å². The lowest BCUT2D eigenvalue weighted by atomic mass is 10.1. The number of benzene rings is 2. The molecule has 0 aliphatic heterocycles. The molecule has 3 aromatic rings. The van der Waals surface area contributed by atoms with Crippen LogP contribution in [0.1, 0.15) is 19.5 Å². The molecule has 1 amide bonds. The number of aromatic nitrogens is 2. The monoisotopic (exact) mass is 385 g/mol. The summed E-state index contributed by atoms with van der Waals surface area (Å²) in [7, 11) is 1.59. The van der Waals surface area contributed by atoms with Gasteiger partial charge in [0.2, 0.25) is 0 Å². The SMILES string of the molecule is Cn1nc(CNC(=O)C(C)(C)Oc2ccc(Cl)cc2)c2ccccc2c1=O. The van der Waals surface area contributed by atoms with Crippen molar-refractivity contribution in [1.29, 1.82) is 0 Å². The van der Waals surface area contributed by atoms with Gasteiger partial charge in [-0.1, -0.05) is 29.8 Å². The number of aryl methyl sites for hydroxylation is 1. The molecule has 0 atom stereocenters. The average molecular weight is 386 g/mol. The van der Waals surface area contributed by atoms with Gasteiger partial charge in [0.15, 0.2) is 5.60 Å². The molecule has 2 aromatic carbocycles. The van der Waals surface area contributed by atoms with Crippen LogP contribution in [0.4, 0.5) is 0 Å². The van der Waals surface area contributed by atoms with Crippen LogP contribution in [0.3, 0.4) is 0 Å². The van der Waals surface area contributed by atoms with E-state index in [1.165, 1.54) is 4.68 Å².